The maximum Gasteiger partial charge on any atom is 0.123 e. The largest absolute Gasteiger partial charge is 0.496 e. The van der Waals surface area contributed by atoms with Crippen LogP contribution in [0.15, 0.2) is 36.4 Å². The van der Waals surface area contributed by atoms with E-state index in [1.54, 1.807) is 7.11 Å². The SMILES string of the molecule is COc1ccc(C)cc1C(Br)c1cc(C)cc(Cl)c1. The summed E-state index contributed by atoms with van der Waals surface area (Å²) in [6.45, 7) is 4.12. The maximum atomic E-state index is 6.13. The lowest BCUT2D eigenvalue weighted by molar-refractivity contribution is 0.410. The second-order valence-electron chi connectivity index (χ2n) is 4.67. The minimum absolute atomic E-state index is 0.0692. The average Bonchev–Trinajstić information content (AvgIpc) is 2.36. The molecular weight excluding hydrogens is 324 g/mol. The van der Waals surface area contributed by atoms with Crippen LogP contribution in [0.2, 0.25) is 5.02 Å². The molecule has 2 aromatic rings. The second kappa shape index (κ2) is 5.98. The van der Waals surface area contributed by atoms with Crippen LogP contribution in [0, 0.1) is 13.8 Å². The summed E-state index contributed by atoms with van der Waals surface area (Å²) in [4.78, 5) is 0.0692. The second-order valence-corrected chi connectivity index (χ2v) is 6.02. The number of methoxy groups -OCH3 is 1. The summed E-state index contributed by atoms with van der Waals surface area (Å²) < 4.78 is 5.44. The van der Waals surface area contributed by atoms with E-state index in [1.807, 2.05) is 31.2 Å². The van der Waals surface area contributed by atoms with Crippen LogP contribution in [0.4, 0.5) is 0 Å². The zero-order valence-corrected chi connectivity index (χ0v) is 13.5. The fourth-order valence-electron chi connectivity index (χ4n) is 2.14. The summed E-state index contributed by atoms with van der Waals surface area (Å²) in [7, 11) is 1.69. The van der Waals surface area contributed by atoms with Crippen molar-refractivity contribution >= 4 is 27.5 Å². The van der Waals surface area contributed by atoms with Crippen molar-refractivity contribution in [1.29, 1.82) is 0 Å². The van der Waals surface area contributed by atoms with E-state index < -0.39 is 0 Å². The van der Waals surface area contributed by atoms with Crippen molar-refractivity contribution < 1.29 is 4.74 Å². The van der Waals surface area contributed by atoms with Crippen LogP contribution in [0.25, 0.3) is 0 Å². The highest BCUT2D eigenvalue weighted by atomic mass is 79.9. The van der Waals surface area contributed by atoms with Gasteiger partial charge in [-0.1, -0.05) is 51.3 Å². The van der Waals surface area contributed by atoms with Gasteiger partial charge in [0.1, 0.15) is 5.75 Å². The fraction of sp³-hybridized carbons (Fsp3) is 0.250. The molecule has 0 bridgehead atoms. The van der Waals surface area contributed by atoms with E-state index in [0.29, 0.717) is 0 Å². The Kier molecular flexibility index (Phi) is 4.54. The maximum absolute atomic E-state index is 6.13. The summed E-state index contributed by atoms with van der Waals surface area (Å²) in [5.41, 5.74) is 4.61. The Morgan fingerprint density at radius 1 is 1.05 bits per heavy atom. The van der Waals surface area contributed by atoms with Crippen LogP contribution in [0.5, 0.6) is 5.75 Å². The Morgan fingerprint density at radius 2 is 1.79 bits per heavy atom. The highest BCUT2D eigenvalue weighted by Crippen LogP contribution is 2.38. The first-order valence-corrected chi connectivity index (χ1v) is 7.36. The van der Waals surface area contributed by atoms with Crippen LogP contribution in [-0.4, -0.2) is 7.11 Å². The number of rotatable bonds is 3. The molecule has 0 heterocycles. The van der Waals surface area contributed by atoms with Gasteiger partial charge >= 0.3 is 0 Å². The monoisotopic (exact) mass is 338 g/mol. The van der Waals surface area contributed by atoms with Gasteiger partial charge < -0.3 is 4.74 Å². The molecule has 0 aromatic heterocycles. The van der Waals surface area contributed by atoms with Crippen molar-refractivity contribution in [3.63, 3.8) is 0 Å². The fourth-order valence-corrected chi connectivity index (χ4v) is 3.06. The molecule has 1 atom stereocenters. The van der Waals surface area contributed by atoms with Gasteiger partial charge in [0.15, 0.2) is 0 Å². The van der Waals surface area contributed by atoms with Crippen molar-refractivity contribution in [3.8, 4) is 5.75 Å². The normalized spacial score (nSPS) is 12.3. The number of ether oxygens (including phenoxy) is 1. The van der Waals surface area contributed by atoms with Gasteiger partial charge in [0.2, 0.25) is 0 Å². The molecule has 0 aliphatic rings. The third kappa shape index (κ3) is 3.31. The van der Waals surface area contributed by atoms with Crippen molar-refractivity contribution in [2.24, 2.45) is 0 Å². The van der Waals surface area contributed by atoms with Gasteiger partial charge in [0, 0.05) is 10.6 Å². The van der Waals surface area contributed by atoms with Crippen molar-refractivity contribution in [2.75, 3.05) is 7.11 Å². The molecule has 1 nitrogen and oxygen atoms in total. The number of halogens is 2. The Morgan fingerprint density at radius 3 is 2.42 bits per heavy atom. The minimum atomic E-state index is 0.0692. The first-order chi connectivity index (χ1) is 9.01. The smallest absolute Gasteiger partial charge is 0.123 e. The molecule has 0 saturated heterocycles. The number of benzene rings is 2. The Labute approximate surface area is 127 Å². The van der Waals surface area contributed by atoms with Gasteiger partial charge in [-0.25, -0.2) is 0 Å². The zero-order valence-electron chi connectivity index (χ0n) is 11.2. The van der Waals surface area contributed by atoms with Gasteiger partial charge in [-0.2, -0.15) is 0 Å². The predicted molar refractivity (Wildman–Crippen MR) is 84.7 cm³/mol. The molecule has 0 amide bonds. The lowest BCUT2D eigenvalue weighted by atomic mass is 10.0. The van der Waals surface area contributed by atoms with E-state index in [2.05, 4.69) is 35.0 Å². The van der Waals surface area contributed by atoms with E-state index >= 15 is 0 Å². The summed E-state index contributed by atoms with van der Waals surface area (Å²) in [6.07, 6.45) is 0. The summed E-state index contributed by atoms with van der Waals surface area (Å²) >= 11 is 9.88. The molecular formula is C16H16BrClO. The molecule has 0 N–H and O–H groups in total. The zero-order chi connectivity index (χ0) is 14.0. The minimum Gasteiger partial charge on any atom is -0.496 e. The van der Waals surface area contributed by atoms with E-state index in [4.69, 9.17) is 16.3 Å². The number of hydrogen-bond acceptors (Lipinski definition) is 1. The Bertz CT molecular complexity index is 575. The lowest BCUT2D eigenvalue weighted by Crippen LogP contribution is -1.98. The van der Waals surface area contributed by atoms with Crippen LogP contribution in [-0.2, 0) is 0 Å². The molecule has 0 saturated carbocycles. The van der Waals surface area contributed by atoms with Gasteiger partial charge in [-0.3, -0.25) is 0 Å². The highest BCUT2D eigenvalue weighted by Gasteiger charge is 2.16. The third-order valence-electron chi connectivity index (χ3n) is 3.02. The average molecular weight is 340 g/mol. The molecule has 0 aliphatic carbocycles. The van der Waals surface area contributed by atoms with Gasteiger partial charge in [-0.05, 0) is 43.2 Å². The first-order valence-electron chi connectivity index (χ1n) is 6.07. The molecule has 3 heteroatoms. The van der Waals surface area contributed by atoms with E-state index in [0.717, 1.165) is 27.5 Å². The summed E-state index contributed by atoms with van der Waals surface area (Å²) in [6, 6.07) is 12.2. The van der Waals surface area contributed by atoms with Crippen LogP contribution in [0.1, 0.15) is 27.1 Å². The molecule has 0 fully saturated rings. The molecule has 0 aliphatic heterocycles. The quantitative estimate of drug-likeness (QED) is 0.676. The van der Waals surface area contributed by atoms with Gasteiger partial charge in [0.25, 0.3) is 0 Å². The predicted octanol–water partition coefficient (Wildman–Crippen LogP) is 5.45. The van der Waals surface area contributed by atoms with E-state index in [9.17, 15) is 0 Å². The molecule has 2 aromatic carbocycles. The molecule has 19 heavy (non-hydrogen) atoms. The number of hydrogen-bond donors (Lipinski definition) is 0. The summed E-state index contributed by atoms with van der Waals surface area (Å²) in [5.74, 6) is 0.880. The Balaban J connectivity index is 2.48. The van der Waals surface area contributed by atoms with Crippen LogP contribution >= 0.6 is 27.5 Å². The number of aryl methyl sites for hydroxylation is 2. The van der Waals surface area contributed by atoms with Crippen molar-refractivity contribution in [2.45, 2.75) is 18.7 Å². The summed E-state index contributed by atoms with van der Waals surface area (Å²) in [5, 5.41) is 0.756. The van der Waals surface area contributed by atoms with E-state index in [1.165, 1.54) is 5.56 Å². The van der Waals surface area contributed by atoms with E-state index in [-0.39, 0.29) is 4.83 Å². The molecule has 2 rings (SSSR count). The molecule has 0 spiro atoms. The van der Waals surface area contributed by atoms with Gasteiger partial charge in [0.05, 0.1) is 11.9 Å². The van der Waals surface area contributed by atoms with Crippen LogP contribution < -0.4 is 4.74 Å². The first kappa shape index (κ1) is 14.4. The molecule has 0 radical (unpaired) electrons. The standard InChI is InChI=1S/C16H16BrClO/c1-10-4-5-15(19-3)14(8-10)16(17)12-6-11(2)7-13(18)9-12/h4-9,16H,1-3H3. The Hall–Kier alpha value is -0.990. The molecule has 100 valence electrons. The third-order valence-corrected chi connectivity index (χ3v) is 4.26. The highest BCUT2D eigenvalue weighted by molar-refractivity contribution is 9.09. The lowest BCUT2D eigenvalue weighted by Gasteiger charge is -2.16. The van der Waals surface area contributed by atoms with Crippen LogP contribution in [0.3, 0.4) is 0 Å². The van der Waals surface area contributed by atoms with Crippen molar-refractivity contribution in [1.82, 2.24) is 0 Å². The van der Waals surface area contributed by atoms with Crippen molar-refractivity contribution in [3.05, 3.63) is 63.7 Å². The topological polar surface area (TPSA) is 9.23 Å². The molecule has 1 unspecified atom stereocenters. The van der Waals surface area contributed by atoms with Gasteiger partial charge in [-0.15, -0.1) is 0 Å². The number of alkyl halides is 1.